The van der Waals surface area contributed by atoms with E-state index in [1.165, 1.54) is 12.1 Å². The van der Waals surface area contributed by atoms with Crippen molar-refractivity contribution in [2.45, 2.75) is 19.3 Å². The molecule has 0 unspecified atom stereocenters. The Kier molecular flexibility index (Phi) is 4.49. The molecule has 102 valence electrons. The Labute approximate surface area is 111 Å². The quantitative estimate of drug-likeness (QED) is 0.753. The molecular formula is C14H17FN2O2. The van der Waals surface area contributed by atoms with Gasteiger partial charge in [-0.1, -0.05) is 12.1 Å². The number of hydrogen-bond donors (Lipinski definition) is 2. The van der Waals surface area contributed by atoms with Crippen molar-refractivity contribution in [2.24, 2.45) is 5.92 Å². The zero-order valence-corrected chi connectivity index (χ0v) is 10.6. The minimum atomic E-state index is -0.345. The highest BCUT2D eigenvalue weighted by molar-refractivity contribution is 5.81. The summed E-state index contributed by atoms with van der Waals surface area (Å²) in [7, 11) is 0. The molecule has 2 rings (SSSR count). The second-order valence-corrected chi connectivity index (χ2v) is 4.72. The van der Waals surface area contributed by atoms with Gasteiger partial charge in [0.15, 0.2) is 0 Å². The van der Waals surface area contributed by atoms with Crippen LogP contribution in [0.1, 0.15) is 18.4 Å². The molecule has 2 amide bonds. The van der Waals surface area contributed by atoms with Crippen molar-refractivity contribution in [3.8, 4) is 0 Å². The van der Waals surface area contributed by atoms with Gasteiger partial charge in [-0.3, -0.25) is 9.59 Å². The van der Waals surface area contributed by atoms with Gasteiger partial charge in [0.1, 0.15) is 5.82 Å². The van der Waals surface area contributed by atoms with Gasteiger partial charge in [-0.05, 0) is 30.5 Å². The number of carbonyl (C=O) groups is 2. The summed E-state index contributed by atoms with van der Waals surface area (Å²) in [6, 6.07) is 5.97. The predicted molar refractivity (Wildman–Crippen MR) is 68.8 cm³/mol. The Balaban J connectivity index is 1.62. The van der Waals surface area contributed by atoms with E-state index >= 15 is 0 Å². The third kappa shape index (κ3) is 4.69. The molecule has 0 aliphatic heterocycles. The molecule has 0 aromatic heterocycles. The highest BCUT2D eigenvalue weighted by Crippen LogP contribution is 2.28. The van der Waals surface area contributed by atoms with Crippen molar-refractivity contribution in [3.63, 3.8) is 0 Å². The first-order valence-electron chi connectivity index (χ1n) is 6.44. The maximum absolute atomic E-state index is 12.9. The molecule has 0 heterocycles. The normalized spacial score (nSPS) is 13.9. The Morgan fingerprint density at radius 2 is 1.95 bits per heavy atom. The molecule has 0 bridgehead atoms. The minimum Gasteiger partial charge on any atom is -0.354 e. The van der Waals surface area contributed by atoms with Crippen LogP contribution in [0.4, 0.5) is 4.39 Å². The van der Waals surface area contributed by atoms with Crippen LogP contribution in [0.25, 0.3) is 0 Å². The molecule has 2 N–H and O–H groups in total. The minimum absolute atomic E-state index is 0.0689. The fourth-order valence-electron chi connectivity index (χ4n) is 1.77. The Hall–Kier alpha value is -1.91. The fraction of sp³-hybridized carbons (Fsp3) is 0.429. The highest BCUT2D eigenvalue weighted by atomic mass is 19.1. The van der Waals surface area contributed by atoms with Gasteiger partial charge >= 0.3 is 0 Å². The summed E-state index contributed by atoms with van der Waals surface area (Å²) in [6.45, 7) is 0.830. The van der Waals surface area contributed by atoms with Crippen LogP contribution in [0.3, 0.4) is 0 Å². The van der Waals surface area contributed by atoms with E-state index in [0.29, 0.717) is 18.7 Å². The molecule has 19 heavy (non-hydrogen) atoms. The van der Waals surface area contributed by atoms with E-state index in [0.717, 1.165) is 12.8 Å². The third-order valence-corrected chi connectivity index (χ3v) is 2.95. The zero-order valence-electron chi connectivity index (χ0n) is 10.6. The lowest BCUT2D eigenvalue weighted by Crippen LogP contribution is -2.35. The van der Waals surface area contributed by atoms with Crippen molar-refractivity contribution in [1.82, 2.24) is 10.6 Å². The number of carbonyl (C=O) groups excluding carboxylic acids is 2. The maximum Gasteiger partial charge on any atom is 0.224 e. The lowest BCUT2D eigenvalue weighted by molar-refractivity contribution is -0.123. The Bertz CT molecular complexity index is 472. The van der Waals surface area contributed by atoms with Crippen LogP contribution in [0.15, 0.2) is 24.3 Å². The van der Waals surface area contributed by atoms with Crippen molar-refractivity contribution >= 4 is 11.8 Å². The van der Waals surface area contributed by atoms with E-state index in [9.17, 15) is 14.0 Å². The standard InChI is InChI=1S/C14H17FN2O2/c15-12-3-1-2-10(8-12)9-13(18)16-6-7-17-14(19)11-4-5-11/h1-3,8,11H,4-7,9H2,(H,16,18)(H,17,19). The van der Waals surface area contributed by atoms with E-state index in [1.807, 2.05) is 0 Å². The first-order valence-corrected chi connectivity index (χ1v) is 6.44. The third-order valence-electron chi connectivity index (χ3n) is 2.95. The summed E-state index contributed by atoms with van der Waals surface area (Å²) in [5.41, 5.74) is 0.638. The van der Waals surface area contributed by atoms with Crippen LogP contribution in [-0.2, 0) is 16.0 Å². The maximum atomic E-state index is 12.9. The smallest absolute Gasteiger partial charge is 0.224 e. The van der Waals surface area contributed by atoms with Crippen molar-refractivity contribution in [1.29, 1.82) is 0 Å². The first-order chi connectivity index (χ1) is 9.15. The van der Waals surface area contributed by atoms with Gasteiger partial charge < -0.3 is 10.6 Å². The second-order valence-electron chi connectivity index (χ2n) is 4.72. The number of hydrogen-bond acceptors (Lipinski definition) is 2. The molecule has 1 aliphatic carbocycles. The molecule has 0 spiro atoms. The summed E-state index contributed by atoms with van der Waals surface area (Å²) in [5.74, 6) is -0.268. The zero-order chi connectivity index (χ0) is 13.7. The molecule has 1 saturated carbocycles. The summed E-state index contributed by atoms with van der Waals surface area (Å²) in [4.78, 5) is 22.9. The van der Waals surface area contributed by atoms with Gasteiger partial charge in [0, 0.05) is 19.0 Å². The first kappa shape index (κ1) is 13.5. The van der Waals surface area contributed by atoms with Gasteiger partial charge in [0.25, 0.3) is 0 Å². The van der Waals surface area contributed by atoms with Crippen LogP contribution in [0, 0.1) is 11.7 Å². The second kappa shape index (κ2) is 6.31. The van der Waals surface area contributed by atoms with Gasteiger partial charge in [-0.25, -0.2) is 4.39 Å². The number of rotatable bonds is 6. The average Bonchev–Trinajstić information content (AvgIpc) is 3.18. The highest BCUT2D eigenvalue weighted by Gasteiger charge is 2.28. The summed E-state index contributed by atoms with van der Waals surface area (Å²) >= 11 is 0. The molecule has 4 nitrogen and oxygen atoms in total. The van der Waals surface area contributed by atoms with Gasteiger partial charge in [-0.15, -0.1) is 0 Å². The van der Waals surface area contributed by atoms with E-state index in [4.69, 9.17) is 0 Å². The largest absolute Gasteiger partial charge is 0.354 e. The summed E-state index contributed by atoms with van der Waals surface area (Å²) in [5, 5.41) is 5.45. The van der Waals surface area contributed by atoms with Crippen LogP contribution in [0.2, 0.25) is 0 Å². The summed E-state index contributed by atoms with van der Waals surface area (Å²) in [6.07, 6.45) is 2.09. The lowest BCUT2D eigenvalue weighted by atomic mass is 10.1. The van der Waals surface area contributed by atoms with Crippen molar-refractivity contribution in [2.75, 3.05) is 13.1 Å². The molecular weight excluding hydrogens is 247 g/mol. The van der Waals surface area contributed by atoms with Crippen LogP contribution >= 0.6 is 0 Å². The molecule has 0 radical (unpaired) electrons. The van der Waals surface area contributed by atoms with E-state index in [1.54, 1.807) is 12.1 Å². The molecule has 1 aliphatic rings. The van der Waals surface area contributed by atoms with Gasteiger partial charge in [-0.2, -0.15) is 0 Å². The average molecular weight is 264 g/mol. The number of nitrogens with one attached hydrogen (secondary N) is 2. The Morgan fingerprint density at radius 3 is 2.63 bits per heavy atom. The molecule has 5 heteroatoms. The van der Waals surface area contributed by atoms with E-state index in [2.05, 4.69) is 10.6 Å². The van der Waals surface area contributed by atoms with E-state index < -0.39 is 0 Å². The molecule has 1 aromatic carbocycles. The number of amides is 2. The van der Waals surface area contributed by atoms with Gasteiger partial charge in [0.2, 0.25) is 11.8 Å². The Morgan fingerprint density at radius 1 is 1.21 bits per heavy atom. The topological polar surface area (TPSA) is 58.2 Å². The van der Waals surface area contributed by atoms with Gasteiger partial charge in [0.05, 0.1) is 6.42 Å². The SMILES string of the molecule is O=C(Cc1cccc(F)c1)NCCNC(=O)C1CC1. The van der Waals surface area contributed by atoms with E-state index in [-0.39, 0.29) is 30.0 Å². The number of benzene rings is 1. The molecule has 0 saturated heterocycles. The monoisotopic (exact) mass is 264 g/mol. The van der Waals surface area contributed by atoms with Crippen LogP contribution in [-0.4, -0.2) is 24.9 Å². The fourth-order valence-corrected chi connectivity index (χ4v) is 1.77. The number of halogens is 1. The molecule has 0 atom stereocenters. The summed E-state index contributed by atoms with van der Waals surface area (Å²) < 4.78 is 12.9. The lowest BCUT2D eigenvalue weighted by Gasteiger charge is -2.06. The van der Waals surface area contributed by atoms with Crippen LogP contribution < -0.4 is 10.6 Å². The van der Waals surface area contributed by atoms with Crippen molar-refractivity contribution < 1.29 is 14.0 Å². The molecule has 1 fully saturated rings. The predicted octanol–water partition coefficient (Wildman–Crippen LogP) is 1.01. The molecule has 1 aromatic rings. The van der Waals surface area contributed by atoms with Crippen LogP contribution in [0.5, 0.6) is 0 Å². The van der Waals surface area contributed by atoms with Crippen molar-refractivity contribution in [3.05, 3.63) is 35.6 Å².